The second kappa shape index (κ2) is 12.4. The van der Waals surface area contributed by atoms with Gasteiger partial charge in [0, 0.05) is 56.5 Å². The van der Waals surface area contributed by atoms with Crippen LogP contribution in [0.4, 0.5) is 10.2 Å². The molecule has 2 saturated heterocycles. The van der Waals surface area contributed by atoms with Gasteiger partial charge in [-0.1, -0.05) is 47.5 Å². The van der Waals surface area contributed by atoms with Crippen LogP contribution in [-0.4, -0.2) is 66.0 Å². The molecule has 0 unspecified atom stereocenters. The summed E-state index contributed by atoms with van der Waals surface area (Å²) in [5.41, 5.74) is 2.39. The molecule has 0 saturated carbocycles. The van der Waals surface area contributed by atoms with Crippen molar-refractivity contribution >= 4 is 34.9 Å². The average molecular weight is 557 g/mol. The predicted octanol–water partition coefficient (Wildman–Crippen LogP) is 5.24. The molecule has 0 radical (unpaired) electrons. The van der Waals surface area contributed by atoms with E-state index in [1.54, 1.807) is 24.4 Å². The van der Waals surface area contributed by atoms with Gasteiger partial charge in [-0.25, -0.2) is 9.37 Å². The van der Waals surface area contributed by atoms with Crippen LogP contribution in [0.2, 0.25) is 10.0 Å². The Morgan fingerprint density at radius 3 is 2.37 bits per heavy atom. The number of anilines is 1. The third-order valence-electron chi connectivity index (χ3n) is 7.43. The molecule has 38 heavy (non-hydrogen) atoms. The molecule has 0 aliphatic carbocycles. The van der Waals surface area contributed by atoms with Crippen LogP contribution in [0.15, 0.2) is 60.8 Å². The molecule has 1 aromatic heterocycles. The number of hydrogen-bond donors (Lipinski definition) is 1. The third-order valence-corrected chi connectivity index (χ3v) is 7.96. The molecule has 0 spiro atoms. The highest BCUT2D eigenvalue weighted by atomic mass is 35.5. The van der Waals surface area contributed by atoms with Gasteiger partial charge in [0.2, 0.25) is 0 Å². The Bertz CT molecular complexity index is 1240. The molecular formula is C29H32Cl2FN5O. The Morgan fingerprint density at radius 2 is 1.68 bits per heavy atom. The molecule has 5 rings (SSSR count). The number of hydrogen-bond acceptors (Lipinski definition) is 5. The van der Waals surface area contributed by atoms with Crippen molar-refractivity contribution in [2.24, 2.45) is 0 Å². The number of aromatic nitrogens is 1. The molecule has 6 nitrogen and oxygen atoms in total. The number of piperazine rings is 1. The van der Waals surface area contributed by atoms with Gasteiger partial charge < -0.3 is 10.2 Å². The molecule has 3 heterocycles. The number of benzene rings is 2. The van der Waals surface area contributed by atoms with E-state index >= 15 is 0 Å². The van der Waals surface area contributed by atoms with E-state index in [2.05, 4.69) is 37.1 Å². The number of likely N-dealkylation sites (tertiary alicyclic amines) is 1. The van der Waals surface area contributed by atoms with E-state index in [1.807, 2.05) is 12.1 Å². The summed E-state index contributed by atoms with van der Waals surface area (Å²) < 4.78 is 13.4. The predicted molar refractivity (Wildman–Crippen MR) is 150 cm³/mol. The van der Waals surface area contributed by atoms with Crippen molar-refractivity contribution in [3.63, 3.8) is 0 Å². The van der Waals surface area contributed by atoms with Crippen LogP contribution < -0.4 is 10.2 Å². The zero-order valence-electron chi connectivity index (χ0n) is 21.3. The summed E-state index contributed by atoms with van der Waals surface area (Å²) >= 11 is 12.6. The summed E-state index contributed by atoms with van der Waals surface area (Å²) in [5, 5.41) is 4.04. The number of rotatable bonds is 7. The van der Waals surface area contributed by atoms with Crippen LogP contribution in [0.1, 0.15) is 34.3 Å². The number of nitrogens with zero attached hydrogens (tertiary/aromatic N) is 4. The Labute approximate surface area is 233 Å². The van der Waals surface area contributed by atoms with Crippen molar-refractivity contribution in [3.05, 3.63) is 93.3 Å². The number of piperidine rings is 1. The average Bonchev–Trinajstić information content (AvgIpc) is 2.93. The molecule has 9 heteroatoms. The minimum Gasteiger partial charge on any atom is -0.353 e. The van der Waals surface area contributed by atoms with E-state index in [-0.39, 0.29) is 18.3 Å². The molecule has 2 fully saturated rings. The highest BCUT2D eigenvalue weighted by Crippen LogP contribution is 2.27. The standard InChI is InChI=1S/C29H32Cl2FN5O/c30-24-6-4-21(5-7-24)20-35-10-8-26(9-11-35)36-12-14-37(15-13-36)28-27(31)17-23(19-33-28)29(38)34-18-22-2-1-3-25(32)16-22/h1-7,16-17,19,26H,8-15,18,20H2,(H,34,38). The fraction of sp³-hybridized carbons (Fsp3) is 0.379. The van der Waals surface area contributed by atoms with Crippen LogP contribution >= 0.6 is 23.2 Å². The lowest BCUT2D eigenvalue weighted by atomic mass is 10.0. The number of nitrogens with one attached hydrogen (secondary N) is 1. The molecule has 2 aromatic carbocycles. The first-order valence-corrected chi connectivity index (χ1v) is 13.8. The van der Waals surface area contributed by atoms with Crippen LogP contribution in [0.3, 0.4) is 0 Å². The molecule has 1 amide bonds. The highest BCUT2D eigenvalue weighted by Gasteiger charge is 2.28. The van der Waals surface area contributed by atoms with E-state index < -0.39 is 0 Å². The van der Waals surface area contributed by atoms with Gasteiger partial charge in [-0.3, -0.25) is 14.6 Å². The topological polar surface area (TPSA) is 51.7 Å². The SMILES string of the molecule is O=C(NCc1cccc(F)c1)c1cnc(N2CCN(C3CCN(Cc4ccc(Cl)cc4)CC3)CC2)c(Cl)c1. The second-order valence-electron chi connectivity index (χ2n) is 10.00. The largest absolute Gasteiger partial charge is 0.353 e. The van der Waals surface area contributed by atoms with Crippen molar-refractivity contribution < 1.29 is 9.18 Å². The van der Waals surface area contributed by atoms with Crippen molar-refractivity contribution in [1.29, 1.82) is 0 Å². The van der Waals surface area contributed by atoms with Gasteiger partial charge in [0.25, 0.3) is 5.91 Å². The molecule has 0 atom stereocenters. The quantitative estimate of drug-likeness (QED) is 0.431. The molecule has 0 bridgehead atoms. The highest BCUT2D eigenvalue weighted by molar-refractivity contribution is 6.33. The van der Waals surface area contributed by atoms with Crippen LogP contribution in [-0.2, 0) is 13.1 Å². The summed E-state index contributed by atoms with van der Waals surface area (Å²) in [6.45, 7) is 7.04. The summed E-state index contributed by atoms with van der Waals surface area (Å²) in [6.07, 6.45) is 3.91. The normalized spacial score (nSPS) is 17.5. The van der Waals surface area contributed by atoms with Crippen molar-refractivity contribution in [2.75, 3.05) is 44.2 Å². The van der Waals surface area contributed by atoms with Gasteiger partial charge in [0.05, 0.1) is 10.6 Å². The van der Waals surface area contributed by atoms with Gasteiger partial charge in [-0.05, 0) is 67.4 Å². The maximum Gasteiger partial charge on any atom is 0.253 e. The summed E-state index contributed by atoms with van der Waals surface area (Å²) in [4.78, 5) is 24.4. The summed E-state index contributed by atoms with van der Waals surface area (Å²) in [5.74, 6) is 0.0961. The molecule has 1 N–H and O–H groups in total. The number of halogens is 3. The molecule has 3 aromatic rings. The summed E-state index contributed by atoms with van der Waals surface area (Å²) in [6, 6.07) is 16.6. The summed E-state index contributed by atoms with van der Waals surface area (Å²) in [7, 11) is 0. The number of amides is 1. The first-order valence-electron chi connectivity index (χ1n) is 13.1. The minimum absolute atomic E-state index is 0.234. The maximum atomic E-state index is 13.4. The fourth-order valence-corrected chi connectivity index (χ4v) is 5.72. The van der Waals surface area contributed by atoms with Gasteiger partial charge >= 0.3 is 0 Å². The maximum absolute atomic E-state index is 13.4. The van der Waals surface area contributed by atoms with E-state index in [0.29, 0.717) is 28.0 Å². The molecule has 2 aliphatic heterocycles. The lowest BCUT2D eigenvalue weighted by Gasteiger charge is -2.43. The van der Waals surface area contributed by atoms with Gasteiger partial charge in [0.1, 0.15) is 11.6 Å². The van der Waals surface area contributed by atoms with E-state index in [4.69, 9.17) is 23.2 Å². The minimum atomic E-state index is -0.328. The monoisotopic (exact) mass is 555 g/mol. The molecule has 2 aliphatic rings. The molecular weight excluding hydrogens is 524 g/mol. The van der Waals surface area contributed by atoms with E-state index in [0.717, 1.165) is 50.8 Å². The lowest BCUT2D eigenvalue weighted by Crippen LogP contribution is -2.53. The second-order valence-corrected chi connectivity index (χ2v) is 10.8. The fourth-order valence-electron chi connectivity index (χ4n) is 5.31. The Morgan fingerprint density at radius 1 is 0.947 bits per heavy atom. The third kappa shape index (κ3) is 6.83. The van der Waals surface area contributed by atoms with Crippen molar-refractivity contribution in [1.82, 2.24) is 20.1 Å². The Balaban J connectivity index is 1.08. The van der Waals surface area contributed by atoms with Gasteiger partial charge in [0.15, 0.2) is 0 Å². The first kappa shape index (κ1) is 26.9. The molecule has 200 valence electrons. The van der Waals surface area contributed by atoms with Gasteiger partial charge in [-0.2, -0.15) is 0 Å². The van der Waals surface area contributed by atoms with E-state index in [1.165, 1.54) is 30.5 Å². The van der Waals surface area contributed by atoms with Crippen LogP contribution in [0, 0.1) is 5.82 Å². The van der Waals surface area contributed by atoms with Crippen LogP contribution in [0.5, 0.6) is 0 Å². The number of pyridine rings is 1. The first-order chi connectivity index (χ1) is 18.4. The van der Waals surface area contributed by atoms with Crippen LogP contribution in [0.25, 0.3) is 0 Å². The van der Waals surface area contributed by atoms with Crippen molar-refractivity contribution in [2.45, 2.75) is 32.0 Å². The van der Waals surface area contributed by atoms with Gasteiger partial charge in [-0.15, -0.1) is 0 Å². The lowest BCUT2D eigenvalue weighted by molar-refractivity contribution is 0.0950. The zero-order chi connectivity index (χ0) is 26.5. The smallest absolute Gasteiger partial charge is 0.253 e. The van der Waals surface area contributed by atoms with E-state index in [9.17, 15) is 9.18 Å². The Kier molecular flexibility index (Phi) is 8.79. The zero-order valence-corrected chi connectivity index (χ0v) is 22.8. The number of carbonyl (C=O) groups excluding carboxylic acids is 1. The Hall–Kier alpha value is -2.71. The number of carbonyl (C=O) groups is 1. The van der Waals surface area contributed by atoms with Crippen molar-refractivity contribution in [3.8, 4) is 0 Å².